The highest BCUT2D eigenvalue weighted by atomic mass is 79.9. The third-order valence-electron chi connectivity index (χ3n) is 8.59. The summed E-state index contributed by atoms with van der Waals surface area (Å²) in [7, 11) is 0. The number of H-pyrrole nitrogens is 1. The van der Waals surface area contributed by atoms with Crippen molar-refractivity contribution >= 4 is 38.6 Å². The molecule has 4 aromatic rings. The molecule has 1 aliphatic carbocycles. The van der Waals surface area contributed by atoms with Crippen LogP contribution in [0.2, 0.25) is 0 Å². The summed E-state index contributed by atoms with van der Waals surface area (Å²) in [6, 6.07) is 10.8. The first kappa shape index (κ1) is 25.8. The van der Waals surface area contributed by atoms with Crippen LogP contribution < -0.4 is 4.74 Å². The third kappa shape index (κ3) is 4.30. The predicted octanol–water partition coefficient (Wildman–Crippen LogP) is 4.63. The van der Waals surface area contributed by atoms with Gasteiger partial charge in [-0.25, -0.2) is 4.68 Å². The van der Waals surface area contributed by atoms with Gasteiger partial charge in [-0.05, 0) is 76.7 Å². The van der Waals surface area contributed by atoms with Gasteiger partial charge < -0.3 is 19.6 Å². The van der Waals surface area contributed by atoms with E-state index in [2.05, 4.69) is 38.8 Å². The Morgan fingerprint density at radius 2 is 2.02 bits per heavy atom. The summed E-state index contributed by atoms with van der Waals surface area (Å²) in [6.07, 6.45) is 5.29. The summed E-state index contributed by atoms with van der Waals surface area (Å²) in [5.74, 6) is 0.694. The molecule has 0 unspecified atom stereocenters. The summed E-state index contributed by atoms with van der Waals surface area (Å²) < 4.78 is 8.56. The second-order valence-corrected chi connectivity index (χ2v) is 11.6. The van der Waals surface area contributed by atoms with Gasteiger partial charge in [-0.2, -0.15) is 5.10 Å². The standard InChI is InChI=1S/C30H29BrN6O4/c1-2-26(39)35-12-13-41-29-27-23(37(34-29)22-9-7-18(15-25(22)38)17-4-3-5-17)10-11-36(24(27)16-35)30(40)19-6-8-20-21(14-19)32-33-28(20)31/h2,6-9,14-15,17,24,38H,1,3-5,10-13,16H2,(H,32,33)/t24-/m0/s1. The van der Waals surface area contributed by atoms with Gasteiger partial charge in [0.25, 0.3) is 5.91 Å². The number of ether oxygens (including phenoxy) is 1. The molecule has 0 radical (unpaired) electrons. The van der Waals surface area contributed by atoms with E-state index in [1.165, 1.54) is 12.5 Å². The van der Waals surface area contributed by atoms with E-state index in [0.717, 1.165) is 40.6 Å². The number of phenolic OH excluding ortho intramolecular Hbond substituents is 1. The Balaban J connectivity index is 1.30. The summed E-state index contributed by atoms with van der Waals surface area (Å²) >= 11 is 3.42. The number of aromatic hydroxyl groups is 1. The molecule has 2 amide bonds. The van der Waals surface area contributed by atoms with Crippen molar-refractivity contribution in [3.05, 3.63) is 76.0 Å². The average Bonchev–Trinajstić information content (AvgIpc) is 3.49. The molecule has 0 spiro atoms. The molecule has 7 rings (SSSR count). The minimum Gasteiger partial charge on any atom is -0.506 e. The van der Waals surface area contributed by atoms with Gasteiger partial charge in [0, 0.05) is 30.5 Å². The Labute approximate surface area is 244 Å². The van der Waals surface area contributed by atoms with Crippen LogP contribution in [0.3, 0.4) is 0 Å². The Bertz CT molecular complexity index is 1710. The van der Waals surface area contributed by atoms with E-state index in [-0.39, 0.29) is 30.7 Å². The number of fused-ring (bicyclic) bond motifs is 1. The van der Waals surface area contributed by atoms with Crippen molar-refractivity contribution in [3.63, 3.8) is 0 Å². The SMILES string of the molecule is C=CC(=O)N1CCOc2nn(-c3ccc(C4CCC4)cc3O)c3c2[C@H](C1)N(C(=O)c1ccc2c(Br)n[nH]c2c1)CC3. The topological polar surface area (TPSA) is 117 Å². The summed E-state index contributed by atoms with van der Waals surface area (Å²) in [5, 5.41) is 23.9. The molecule has 3 aliphatic rings. The molecule has 0 saturated heterocycles. The molecule has 41 heavy (non-hydrogen) atoms. The van der Waals surface area contributed by atoms with Gasteiger partial charge in [-0.3, -0.25) is 14.7 Å². The van der Waals surface area contributed by atoms with Crippen LogP contribution in [-0.4, -0.2) is 72.9 Å². The van der Waals surface area contributed by atoms with Crippen molar-refractivity contribution in [1.29, 1.82) is 0 Å². The summed E-state index contributed by atoms with van der Waals surface area (Å²) in [5.41, 5.74) is 4.60. The lowest BCUT2D eigenvalue weighted by Crippen LogP contribution is -2.48. The number of carbonyl (C=O) groups is 2. The highest BCUT2D eigenvalue weighted by Gasteiger charge is 2.40. The molecule has 2 aromatic carbocycles. The number of nitrogens with one attached hydrogen (secondary N) is 1. The third-order valence-corrected chi connectivity index (χ3v) is 9.20. The van der Waals surface area contributed by atoms with Crippen molar-refractivity contribution in [1.82, 2.24) is 29.8 Å². The van der Waals surface area contributed by atoms with Gasteiger partial charge in [-0.1, -0.05) is 19.1 Å². The quantitative estimate of drug-likeness (QED) is 0.323. The zero-order chi connectivity index (χ0) is 28.2. The molecule has 2 N–H and O–H groups in total. The summed E-state index contributed by atoms with van der Waals surface area (Å²) in [6.45, 7) is 4.93. The van der Waals surface area contributed by atoms with Crippen LogP contribution in [-0.2, 0) is 11.2 Å². The second-order valence-electron chi connectivity index (χ2n) is 10.8. The number of rotatable bonds is 4. The van der Waals surface area contributed by atoms with E-state index < -0.39 is 6.04 Å². The maximum atomic E-state index is 14.0. The van der Waals surface area contributed by atoms with E-state index in [4.69, 9.17) is 9.84 Å². The Hall–Kier alpha value is -4.12. The van der Waals surface area contributed by atoms with Crippen LogP contribution in [0.25, 0.3) is 16.6 Å². The van der Waals surface area contributed by atoms with Gasteiger partial charge in [-0.15, -0.1) is 5.10 Å². The van der Waals surface area contributed by atoms with Gasteiger partial charge in [0.1, 0.15) is 22.6 Å². The van der Waals surface area contributed by atoms with Gasteiger partial charge >= 0.3 is 0 Å². The molecule has 1 atom stereocenters. The lowest BCUT2D eigenvalue weighted by Gasteiger charge is -2.39. The average molecular weight is 618 g/mol. The molecular weight excluding hydrogens is 588 g/mol. The Kier molecular flexibility index (Phi) is 6.33. The molecule has 11 heteroatoms. The molecular formula is C30H29BrN6O4. The molecule has 10 nitrogen and oxygen atoms in total. The van der Waals surface area contributed by atoms with Crippen molar-refractivity contribution in [3.8, 4) is 17.3 Å². The maximum Gasteiger partial charge on any atom is 0.254 e. The molecule has 210 valence electrons. The van der Waals surface area contributed by atoms with Crippen LogP contribution in [0.4, 0.5) is 0 Å². The van der Waals surface area contributed by atoms with Gasteiger partial charge in [0.05, 0.1) is 29.4 Å². The zero-order valence-electron chi connectivity index (χ0n) is 22.3. The zero-order valence-corrected chi connectivity index (χ0v) is 23.9. The molecule has 1 saturated carbocycles. The van der Waals surface area contributed by atoms with Gasteiger partial charge in [0.2, 0.25) is 11.8 Å². The predicted molar refractivity (Wildman–Crippen MR) is 155 cm³/mol. The monoisotopic (exact) mass is 616 g/mol. The number of nitrogens with zero attached hydrogens (tertiary/aromatic N) is 5. The summed E-state index contributed by atoms with van der Waals surface area (Å²) in [4.78, 5) is 30.2. The van der Waals surface area contributed by atoms with Crippen molar-refractivity contribution < 1.29 is 19.4 Å². The number of aromatic amines is 1. The molecule has 1 fully saturated rings. The van der Waals surface area contributed by atoms with Crippen LogP contribution in [0.1, 0.15) is 58.4 Å². The number of carbonyl (C=O) groups excluding carboxylic acids is 2. The van der Waals surface area contributed by atoms with Crippen LogP contribution in [0, 0.1) is 0 Å². The van der Waals surface area contributed by atoms with Crippen LogP contribution in [0.15, 0.2) is 53.7 Å². The van der Waals surface area contributed by atoms with E-state index in [9.17, 15) is 14.7 Å². The fourth-order valence-electron chi connectivity index (χ4n) is 6.18. The largest absolute Gasteiger partial charge is 0.506 e. The van der Waals surface area contributed by atoms with Crippen molar-refractivity contribution in [2.45, 2.75) is 37.6 Å². The smallest absolute Gasteiger partial charge is 0.254 e. The lowest BCUT2D eigenvalue weighted by molar-refractivity contribution is -0.127. The Morgan fingerprint density at radius 1 is 1.17 bits per heavy atom. The molecule has 0 bridgehead atoms. The molecule has 2 aromatic heterocycles. The maximum absolute atomic E-state index is 14.0. The number of amides is 2. The van der Waals surface area contributed by atoms with Crippen molar-refractivity contribution in [2.24, 2.45) is 0 Å². The second kappa shape index (κ2) is 10.1. The number of benzene rings is 2. The van der Waals surface area contributed by atoms with E-state index in [1.807, 2.05) is 18.2 Å². The minimum absolute atomic E-state index is 0.161. The first-order chi connectivity index (χ1) is 19.9. The van der Waals surface area contributed by atoms with Crippen LogP contribution >= 0.6 is 15.9 Å². The highest BCUT2D eigenvalue weighted by Crippen LogP contribution is 2.43. The first-order valence-electron chi connectivity index (χ1n) is 13.9. The Morgan fingerprint density at radius 3 is 2.78 bits per heavy atom. The number of hydrogen-bond acceptors (Lipinski definition) is 6. The molecule has 4 heterocycles. The lowest BCUT2D eigenvalue weighted by atomic mass is 9.80. The first-order valence-corrected chi connectivity index (χ1v) is 14.7. The van der Waals surface area contributed by atoms with Crippen molar-refractivity contribution in [2.75, 3.05) is 26.2 Å². The van der Waals surface area contributed by atoms with E-state index >= 15 is 0 Å². The van der Waals surface area contributed by atoms with Gasteiger partial charge in [0.15, 0.2) is 0 Å². The minimum atomic E-state index is -0.500. The normalized spacial score (nSPS) is 18.7. The molecule has 2 aliphatic heterocycles. The number of hydrogen-bond donors (Lipinski definition) is 2. The fraction of sp³-hybridized carbons (Fsp3) is 0.333. The number of phenols is 1. The number of aromatic nitrogens is 4. The fourth-order valence-corrected chi connectivity index (χ4v) is 6.61. The van der Waals surface area contributed by atoms with E-state index in [0.29, 0.717) is 47.2 Å². The van der Waals surface area contributed by atoms with Crippen LogP contribution in [0.5, 0.6) is 11.6 Å². The number of halogens is 1. The highest BCUT2D eigenvalue weighted by molar-refractivity contribution is 9.10. The van der Waals surface area contributed by atoms with E-state index in [1.54, 1.807) is 26.6 Å².